The van der Waals surface area contributed by atoms with Crippen LogP contribution in [-0.2, 0) is 13.2 Å². The highest BCUT2D eigenvalue weighted by molar-refractivity contribution is 7.13. The Balaban J connectivity index is 1.77. The first-order valence-electron chi connectivity index (χ1n) is 5.21. The zero-order valence-electron chi connectivity index (χ0n) is 9.22. The maximum atomic E-state index is 8.88. The summed E-state index contributed by atoms with van der Waals surface area (Å²) in [5.41, 5.74) is 0.507. The molecule has 3 aromatic rings. The van der Waals surface area contributed by atoms with Crippen molar-refractivity contribution < 1.29 is 9.52 Å². The predicted octanol–water partition coefficient (Wildman–Crippen LogP) is 0.930. The fourth-order valence-electron chi connectivity index (χ4n) is 1.44. The summed E-state index contributed by atoms with van der Waals surface area (Å²) in [7, 11) is 0. The van der Waals surface area contributed by atoms with Crippen molar-refractivity contribution in [3.05, 3.63) is 35.3 Å². The Bertz CT molecular complexity index is 630. The molecule has 3 rings (SSSR count). The number of aliphatic hydroxyl groups excluding tert-OH is 1. The van der Waals surface area contributed by atoms with Crippen LogP contribution in [0.4, 0.5) is 0 Å². The third kappa shape index (κ3) is 2.15. The van der Waals surface area contributed by atoms with Crippen LogP contribution >= 0.6 is 11.3 Å². The van der Waals surface area contributed by atoms with E-state index in [1.54, 1.807) is 6.20 Å². The van der Waals surface area contributed by atoms with Crippen molar-refractivity contribution in [2.45, 2.75) is 13.2 Å². The van der Waals surface area contributed by atoms with Crippen LogP contribution in [0.1, 0.15) is 11.6 Å². The average molecular weight is 263 g/mol. The van der Waals surface area contributed by atoms with Crippen molar-refractivity contribution in [2.75, 3.05) is 0 Å². The van der Waals surface area contributed by atoms with Gasteiger partial charge in [0.1, 0.15) is 12.2 Å². The molecule has 0 unspecified atom stereocenters. The standard InChI is InChI=1S/C10H9N5O2S/c16-6-7-4-15(14-11-7)5-9-12-13-10(17-9)8-2-1-3-18-8/h1-4,16H,5-6H2. The molecule has 0 radical (unpaired) electrons. The minimum atomic E-state index is -0.135. The molecule has 8 heteroatoms. The Morgan fingerprint density at radius 2 is 2.28 bits per heavy atom. The summed E-state index contributed by atoms with van der Waals surface area (Å²) in [6.07, 6.45) is 1.63. The van der Waals surface area contributed by atoms with Crippen molar-refractivity contribution in [3.63, 3.8) is 0 Å². The molecule has 3 heterocycles. The minimum Gasteiger partial charge on any atom is -0.418 e. The van der Waals surface area contributed by atoms with Crippen LogP contribution in [0.2, 0.25) is 0 Å². The molecule has 3 aromatic heterocycles. The van der Waals surface area contributed by atoms with Gasteiger partial charge in [0.15, 0.2) is 0 Å². The Hall–Kier alpha value is -2.06. The fraction of sp³-hybridized carbons (Fsp3) is 0.200. The Kier molecular flexibility index (Phi) is 2.87. The first-order valence-corrected chi connectivity index (χ1v) is 6.09. The smallest absolute Gasteiger partial charge is 0.257 e. The first kappa shape index (κ1) is 11.1. The highest BCUT2D eigenvalue weighted by Crippen LogP contribution is 2.22. The third-order valence-corrected chi connectivity index (χ3v) is 3.10. The van der Waals surface area contributed by atoms with E-state index in [1.165, 1.54) is 16.0 Å². The molecule has 7 nitrogen and oxygen atoms in total. The number of nitrogens with zero attached hydrogens (tertiary/aromatic N) is 5. The van der Waals surface area contributed by atoms with Crippen LogP contribution in [0.3, 0.4) is 0 Å². The van der Waals surface area contributed by atoms with E-state index in [1.807, 2.05) is 17.5 Å². The second-order valence-corrected chi connectivity index (χ2v) is 4.49. The highest BCUT2D eigenvalue weighted by atomic mass is 32.1. The SMILES string of the molecule is OCc1cn(Cc2nnc(-c3cccs3)o2)nn1. The van der Waals surface area contributed by atoms with Gasteiger partial charge in [0.25, 0.3) is 5.89 Å². The highest BCUT2D eigenvalue weighted by Gasteiger charge is 2.10. The number of hydrogen-bond acceptors (Lipinski definition) is 7. The van der Waals surface area contributed by atoms with Crippen LogP contribution in [-0.4, -0.2) is 30.3 Å². The lowest BCUT2D eigenvalue weighted by molar-refractivity contribution is 0.276. The summed E-state index contributed by atoms with van der Waals surface area (Å²) < 4.78 is 7.05. The normalized spacial score (nSPS) is 10.9. The lowest BCUT2D eigenvalue weighted by atomic mass is 10.5. The van der Waals surface area contributed by atoms with Gasteiger partial charge >= 0.3 is 0 Å². The molecule has 0 aromatic carbocycles. The van der Waals surface area contributed by atoms with Gasteiger partial charge in [-0.05, 0) is 11.4 Å². The van der Waals surface area contributed by atoms with Gasteiger partial charge < -0.3 is 9.52 Å². The molecule has 0 aliphatic carbocycles. The predicted molar refractivity (Wildman–Crippen MR) is 62.7 cm³/mol. The molecule has 0 saturated carbocycles. The molecule has 18 heavy (non-hydrogen) atoms. The van der Waals surface area contributed by atoms with E-state index in [4.69, 9.17) is 9.52 Å². The van der Waals surface area contributed by atoms with Crippen LogP contribution < -0.4 is 0 Å². The molecule has 0 aliphatic heterocycles. The van der Waals surface area contributed by atoms with E-state index < -0.39 is 0 Å². The summed E-state index contributed by atoms with van der Waals surface area (Å²) in [6, 6.07) is 3.84. The van der Waals surface area contributed by atoms with Crippen LogP contribution in [0, 0.1) is 0 Å². The molecule has 0 bridgehead atoms. The van der Waals surface area contributed by atoms with Crippen LogP contribution in [0.15, 0.2) is 28.1 Å². The molecule has 1 N–H and O–H groups in total. The van der Waals surface area contributed by atoms with E-state index in [2.05, 4.69) is 20.5 Å². The lowest BCUT2D eigenvalue weighted by Gasteiger charge is -1.92. The molecule has 0 saturated heterocycles. The summed E-state index contributed by atoms with van der Waals surface area (Å²) in [5, 5.41) is 26.3. The van der Waals surface area contributed by atoms with Gasteiger partial charge in [-0.3, -0.25) is 0 Å². The van der Waals surface area contributed by atoms with Crippen molar-refractivity contribution in [1.29, 1.82) is 0 Å². The topological polar surface area (TPSA) is 89.9 Å². The van der Waals surface area contributed by atoms with Gasteiger partial charge in [0, 0.05) is 0 Å². The Morgan fingerprint density at radius 3 is 3.00 bits per heavy atom. The van der Waals surface area contributed by atoms with Crippen molar-refractivity contribution in [3.8, 4) is 10.8 Å². The largest absolute Gasteiger partial charge is 0.418 e. The second kappa shape index (κ2) is 4.67. The van der Waals surface area contributed by atoms with E-state index in [9.17, 15) is 0 Å². The van der Waals surface area contributed by atoms with Crippen molar-refractivity contribution >= 4 is 11.3 Å². The molecule has 0 amide bonds. The lowest BCUT2D eigenvalue weighted by Crippen LogP contribution is -2.00. The van der Waals surface area contributed by atoms with E-state index in [0.29, 0.717) is 24.0 Å². The van der Waals surface area contributed by atoms with Gasteiger partial charge in [-0.25, -0.2) is 4.68 Å². The van der Waals surface area contributed by atoms with Gasteiger partial charge in [-0.2, -0.15) is 0 Å². The van der Waals surface area contributed by atoms with Gasteiger partial charge in [-0.1, -0.05) is 11.3 Å². The molecular weight excluding hydrogens is 254 g/mol. The maximum Gasteiger partial charge on any atom is 0.257 e. The number of thiophene rings is 1. The summed E-state index contributed by atoms with van der Waals surface area (Å²) >= 11 is 1.54. The van der Waals surface area contributed by atoms with Gasteiger partial charge in [-0.15, -0.1) is 26.6 Å². The molecule has 0 atom stereocenters. The number of aliphatic hydroxyl groups is 1. The quantitative estimate of drug-likeness (QED) is 0.753. The summed E-state index contributed by atoms with van der Waals surface area (Å²) in [4.78, 5) is 0.934. The molecule has 0 spiro atoms. The van der Waals surface area contributed by atoms with Crippen molar-refractivity contribution in [2.24, 2.45) is 0 Å². The molecule has 0 aliphatic rings. The summed E-state index contributed by atoms with van der Waals surface area (Å²) in [5.74, 6) is 0.954. The third-order valence-electron chi connectivity index (χ3n) is 2.24. The molecule has 92 valence electrons. The van der Waals surface area contributed by atoms with E-state index in [0.717, 1.165) is 4.88 Å². The summed E-state index contributed by atoms with van der Waals surface area (Å²) in [6.45, 7) is 0.204. The Labute approximate surface area is 106 Å². The number of aromatic nitrogens is 5. The number of rotatable bonds is 4. The first-order chi connectivity index (χ1) is 8.85. The van der Waals surface area contributed by atoms with E-state index >= 15 is 0 Å². The van der Waals surface area contributed by atoms with E-state index in [-0.39, 0.29) is 6.61 Å². The van der Waals surface area contributed by atoms with Crippen LogP contribution in [0.25, 0.3) is 10.8 Å². The Morgan fingerprint density at radius 1 is 1.33 bits per heavy atom. The fourth-order valence-corrected chi connectivity index (χ4v) is 2.09. The minimum absolute atomic E-state index is 0.135. The average Bonchev–Trinajstić information content (AvgIpc) is 3.10. The van der Waals surface area contributed by atoms with Crippen LogP contribution in [0.5, 0.6) is 0 Å². The second-order valence-electron chi connectivity index (χ2n) is 3.54. The zero-order chi connectivity index (χ0) is 12.4. The van der Waals surface area contributed by atoms with Gasteiger partial charge in [0.2, 0.25) is 5.89 Å². The monoisotopic (exact) mass is 263 g/mol. The van der Waals surface area contributed by atoms with Crippen molar-refractivity contribution in [1.82, 2.24) is 25.2 Å². The molecular formula is C10H9N5O2S. The zero-order valence-corrected chi connectivity index (χ0v) is 10.0. The number of hydrogen-bond donors (Lipinski definition) is 1. The maximum absolute atomic E-state index is 8.88. The molecule has 0 fully saturated rings. The van der Waals surface area contributed by atoms with Gasteiger partial charge in [0.05, 0.1) is 17.7 Å².